The lowest BCUT2D eigenvalue weighted by Crippen LogP contribution is -2.27. The van der Waals surface area contributed by atoms with Crippen LogP contribution in [-0.2, 0) is 6.61 Å². The second kappa shape index (κ2) is 7.13. The summed E-state index contributed by atoms with van der Waals surface area (Å²) in [6, 6.07) is 6.82. The van der Waals surface area contributed by atoms with Gasteiger partial charge in [-0.1, -0.05) is 0 Å². The van der Waals surface area contributed by atoms with Gasteiger partial charge in [0.05, 0.1) is 35.4 Å². The number of benzene rings is 1. The highest BCUT2D eigenvalue weighted by atomic mass is 19.1. The van der Waals surface area contributed by atoms with Crippen molar-refractivity contribution in [3.8, 4) is 11.3 Å². The van der Waals surface area contributed by atoms with Crippen LogP contribution in [0.2, 0.25) is 0 Å². The van der Waals surface area contributed by atoms with Gasteiger partial charge in [-0.15, -0.1) is 0 Å². The van der Waals surface area contributed by atoms with Crippen LogP contribution in [0, 0.1) is 12.7 Å². The molecule has 4 aromatic rings. The van der Waals surface area contributed by atoms with Gasteiger partial charge in [-0.25, -0.2) is 13.9 Å². The molecule has 1 saturated heterocycles. The first kappa shape index (κ1) is 18.1. The lowest BCUT2D eigenvalue weighted by Gasteiger charge is -2.21. The fourth-order valence-electron chi connectivity index (χ4n) is 3.99. The third kappa shape index (κ3) is 3.24. The largest absolute Gasteiger partial charge is 0.392 e. The van der Waals surface area contributed by atoms with Crippen LogP contribution in [-0.4, -0.2) is 43.0 Å². The van der Waals surface area contributed by atoms with Gasteiger partial charge < -0.3 is 10.4 Å². The normalized spacial score (nSPS) is 15.4. The molecular weight excluding hydrogens is 371 g/mol. The molecule has 0 saturated carbocycles. The number of nitrogens with one attached hydrogen (secondary N) is 1. The third-order valence-electron chi connectivity index (χ3n) is 5.52. The number of imidazole rings is 1. The molecule has 4 heterocycles. The highest BCUT2D eigenvalue weighted by Crippen LogP contribution is 2.29. The molecule has 0 aliphatic carbocycles. The van der Waals surface area contributed by atoms with Crippen molar-refractivity contribution in [2.24, 2.45) is 0 Å². The van der Waals surface area contributed by atoms with Crippen LogP contribution in [0.5, 0.6) is 0 Å². The molecule has 3 aromatic heterocycles. The van der Waals surface area contributed by atoms with Crippen LogP contribution in [0.15, 0.2) is 30.5 Å². The van der Waals surface area contributed by atoms with Gasteiger partial charge in [0, 0.05) is 22.4 Å². The minimum atomic E-state index is -0.350. The number of halogens is 1. The van der Waals surface area contributed by atoms with Crippen molar-refractivity contribution in [1.82, 2.24) is 30.1 Å². The highest BCUT2D eigenvalue weighted by molar-refractivity contribution is 5.84. The fourth-order valence-corrected chi connectivity index (χ4v) is 3.99. The van der Waals surface area contributed by atoms with Crippen molar-refractivity contribution >= 4 is 16.6 Å². The van der Waals surface area contributed by atoms with Crippen LogP contribution < -0.4 is 5.32 Å². The van der Waals surface area contributed by atoms with E-state index in [9.17, 15) is 5.11 Å². The van der Waals surface area contributed by atoms with E-state index in [2.05, 4.69) is 25.6 Å². The quantitative estimate of drug-likeness (QED) is 0.557. The van der Waals surface area contributed by atoms with Crippen LogP contribution in [0.25, 0.3) is 27.8 Å². The van der Waals surface area contributed by atoms with Gasteiger partial charge in [0.15, 0.2) is 5.65 Å². The standard InChI is InChI=1S/C21H21FN6O/c1-12-10-28-21(24-12)15(11-29)8-19(27-28)14-6-17(22)16-9-18(25-26-20(16)7-14)13-2-4-23-5-3-13/h6-10,13,23,29H,2-5,11H2,1H3. The van der Waals surface area contributed by atoms with E-state index in [-0.39, 0.29) is 12.4 Å². The second-order valence-electron chi connectivity index (χ2n) is 7.55. The summed E-state index contributed by atoms with van der Waals surface area (Å²) in [5, 5.41) is 26.7. The van der Waals surface area contributed by atoms with E-state index in [4.69, 9.17) is 0 Å². The van der Waals surface area contributed by atoms with Crippen LogP contribution in [0.1, 0.15) is 35.7 Å². The van der Waals surface area contributed by atoms with Gasteiger partial charge in [-0.2, -0.15) is 15.3 Å². The summed E-state index contributed by atoms with van der Waals surface area (Å²) in [4.78, 5) is 4.38. The number of piperidine rings is 1. The topological polar surface area (TPSA) is 88.2 Å². The summed E-state index contributed by atoms with van der Waals surface area (Å²) in [5.41, 5.74) is 4.50. The molecule has 5 rings (SSSR count). The summed E-state index contributed by atoms with van der Waals surface area (Å²) in [5.74, 6) is -0.0373. The average Bonchev–Trinajstić information content (AvgIpc) is 3.13. The Bertz CT molecular complexity index is 1210. The summed E-state index contributed by atoms with van der Waals surface area (Å²) in [6.07, 6.45) is 3.75. The third-order valence-corrected chi connectivity index (χ3v) is 5.52. The lowest BCUT2D eigenvalue weighted by molar-refractivity contribution is 0.282. The summed E-state index contributed by atoms with van der Waals surface area (Å²) in [7, 11) is 0. The maximum atomic E-state index is 15.0. The monoisotopic (exact) mass is 392 g/mol. The first-order valence-corrected chi connectivity index (χ1v) is 9.77. The number of hydrogen-bond donors (Lipinski definition) is 2. The molecule has 1 fully saturated rings. The number of aromatic nitrogens is 5. The van der Waals surface area contributed by atoms with Crippen molar-refractivity contribution in [2.75, 3.05) is 13.1 Å². The van der Waals surface area contributed by atoms with Crippen molar-refractivity contribution in [3.05, 3.63) is 53.2 Å². The number of aryl methyl sites for hydroxylation is 1. The molecule has 1 aromatic carbocycles. The molecule has 7 nitrogen and oxygen atoms in total. The number of aliphatic hydroxyl groups excluding tert-OH is 1. The highest BCUT2D eigenvalue weighted by Gasteiger charge is 2.19. The Hall–Kier alpha value is -2.97. The van der Waals surface area contributed by atoms with Crippen LogP contribution >= 0.6 is 0 Å². The van der Waals surface area contributed by atoms with E-state index in [1.165, 1.54) is 6.07 Å². The molecule has 0 bridgehead atoms. The molecule has 0 spiro atoms. The Labute approximate surface area is 166 Å². The minimum Gasteiger partial charge on any atom is -0.392 e. The Kier molecular flexibility index (Phi) is 4.44. The zero-order valence-corrected chi connectivity index (χ0v) is 16.1. The number of hydrogen-bond acceptors (Lipinski definition) is 6. The molecule has 148 valence electrons. The average molecular weight is 392 g/mol. The predicted octanol–water partition coefficient (Wildman–Crippen LogP) is 2.75. The number of fused-ring (bicyclic) bond motifs is 2. The van der Waals surface area contributed by atoms with Gasteiger partial charge in [-0.05, 0) is 57.1 Å². The summed E-state index contributed by atoms with van der Waals surface area (Å²) in [6.45, 7) is 3.58. The lowest BCUT2D eigenvalue weighted by atomic mass is 9.93. The predicted molar refractivity (Wildman–Crippen MR) is 107 cm³/mol. The SMILES string of the molecule is Cc1cn2nc(-c3cc(F)c4cc(C5CCNCC5)nnc4c3)cc(CO)c2n1. The van der Waals surface area contributed by atoms with E-state index in [1.54, 1.807) is 22.8 Å². The van der Waals surface area contributed by atoms with Gasteiger partial charge in [-0.3, -0.25) is 0 Å². The maximum absolute atomic E-state index is 15.0. The smallest absolute Gasteiger partial charge is 0.159 e. The van der Waals surface area contributed by atoms with Crippen molar-refractivity contribution in [1.29, 1.82) is 0 Å². The molecule has 0 atom stereocenters. The van der Waals surface area contributed by atoms with E-state index in [0.717, 1.165) is 37.3 Å². The Morgan fingerprint density at radius 3 is 2.79 bits per heavy atom. The second-order valence-corrected chi connectivity index (χ2v) is 7.55. The van der Waals surface area contributed by atoms with Crippen LogP contribution in [0.4, 0.5) is 4.39 Å². The van der Waals surface area contributed by atoms with Crippen molar-refractivity contribution in [3.63, 3.8) is 0 Å². The summed E-state index contributed by atoms with van der Waals surface area (Å²) >= 11 is 0. The molecule has 2 N–H and O–H groups in total. The fraction of sp³-hybridized carbons (Fsp3) is 0.333. The van der Waals surface area contributed by atoms with Gasteiger partial charge in [0.2, 0.25) is 0 Å². The molecule has 1 aliphatic rings. The van der Waals surface area contributed by atoms with Crippen LogP contribution in [0.3, 0.4) is 0 Å². The first-order chi connectivity index (χ1) is 14.1. The molecule has 1 aliphatic heterocycles. The minimum absolute atomic E-state index is 0.176. The van der Waals surface area contributed by atoms with Crippen molar-refractivity contribution in [2.45, 2.75) is 32.3 Å². The van der Waals surface area contributed by atoms with Crippen molar-refractivity contribution < 1.29 is 9.50 Å². The molecular formula is C21H21FN6O. The van der Waals surface area contributed by atoms with E-state index in [1.807, 2.05) is 13.0 Å². The Morgan fingerprint density at radius 2 is 2.00 bits per heavy atom. The number of aliphatic hydroxyl groups is 1. The Balaban J connectivity index is 1.60. The molecule has 0 unspecified atom stereocenters. The molecule has 0 amide bonds. The maximum Gasteiger partial charge on any atom is 0.159 e. The van der Waals surface area contributed by atoms with E-state index < -0.39 is 0 Å². The van der Waals surface area contributed by atoms with E-state index in [0.29, 0.717) is 39.3 Å². The van der Waals surface area contributed by atoms with Gasteiger partial charge >= 0.3 is 0 Å². The number of rotatable bonds is 3. The molecule has 29 heavy (non-hydrogen) atoms. The molecule has 8 heteroatoms. The zero-order chi connectivity index (χ0) is 20.0. The number of nitrogens with zero attached hydrogens (tertiary/aromatic N) is 5. The van der Waals surface area contributed by atoms with Gasteiger partial charge in [0.1, 0.15) is 5.82 Å². The molecule has 0 radical (unpaired) electrons. The Morgan fingerprint density at radius 1 is 1.17 bits per heavy atom. The summed E-state index contributed by atoms with van der Waals surface area (Å²) < 4.78 is 16.6. The first-order valence-electron chi connectivity index (χ1n) is 9.77. The van der Waals surface area contributed by atoms with Gasteiger partial charge in [0.25, 0.3) is 0 Å². The van der Waals surface area contributed by atoms with E-state index >= 15 is 4.39 Å². The zero-order valence-electron chi connectivity index (χ0n) is 16.1.